The van der Waals surface area contributed by atoms with Crippen LogP contribution in [0.2, 0.25) is 0 Å². The van der Waals surface area contributed by atoms with Crippen molar-refractivity contribution in [2.75, 3.05) is 18.4 Å². The predicted octanol–water partition coefficient (Wildman–Crippen LogP) is 3.11. The lowest BCUT2D eigenvalue weighted by Gasteiger charge is -2.36. The predicted molar refractivity (Wildman–Crippen MR) is 98.2 cm³/mol. The van der Waals surface area contributed by atoms with Crippen LogP contribution in [0.4, 0.5) is 5.82 Å². The molecule has 6 nitrogen and oxygen atoms in total. The van der Waals surface area contributed by atoms with Crippen LogP contribution in [0.3, 0.4) is 0 Å². The van der Waals surface area contributed by atoms with Crippen molar-refractivity contribution in [1.82, 2.24) is 15.1 Å². The first kappa shape index (κ1) is 17.3. The van der Waals surface area contributed by atoms with Gasteiger partial charge in [-0.1, -0.05) is 12.8 Å². The van der Waals surface area contributed by atoms with Crippen LogP contribution in [0.15, 0.2) is 12.1 Å². The third-order valence-corrected chi connectivity index (χ3v) is 6.59. The van der Waals surface area contributed by atoms with Gasteiger partial charge in [0, 0.05) is 25.6 Å². The molecule has 4 rings (SSSR count). The number of carbonyl (C=O) groups excluding carboxylic acids is 1. The van der Waals surface area contributed by atoms with E-state index in [4.69, 9.17) is 5.26 Å². The summed E-state index contributed by atoms with van der Waals surface area (Å²) in [5, 5.41) is 20.3. The van der Waals surface area contributed by atoms with Gasteiger partial charge < -0.3 is 10.2 Å². The van der Waals surface area contributed by atoms with Gasteiger partial charge in [-0.3, -0.25) is 4.79 Å². The molecular weight excluding hydrogens is 326 g/mol. The van der Waals surface area contributed by atoms with Gasteiger partial charge >= 0.3 is 0 Å². The van der Waals surface area contributed by atoms with Crippen LogP contribution in [0.5, 0.6) is 0 Å². The summed E-state index contributed by atoms with van der Waals surface area (Å²) in [6.45, 7) is 1.90. The normalized spacial score (nSPS) is 27.0. The summed E-state index contributed by atoms with van der Waals surface area (Å²) in [5.74, 6) is 1.37. The molecule has 1 spiro atoms. The average Bonchev–Trinajstić information content (AvgIpc) is 3.43. The lowest BCUT2D eigenvalue weighted by atomic mass is 9.81. The van der Waals surface area contributed by atoms with Crippen molar-refractivity contribution in [1.29, 1.82) is 5.26 Å². The molecule has 3 fully saturated rings. The molecule has 2 aliphatic carbocycles. The fourth-order valence-corrected chi connectivity index (χ4v) is 4.56. The zero-order chi connectivity index (χ0) is 18.0. The van der Waals surface area contributed by atoms with Crippen molar-refractivity contribution in [3.05, 3.63) is 17.8 Å². The third kappa shape index (κ3) is 3.82. The number of hydrogen-bond donors (Lipinski definition) is 1. The minimum Gasteiger partial charge on any atom is -0.366 e. The fraction of sp³-hybridized carbons (Fsp3) is 0.700. The molecule has 2 heterocycles. The molecule has 0 bridgehead atoms. The lowest BCUT2D eigenvalue weighted by Crippen LogP contribution is -2.42. The van der Waals surface area contributed by atoms with Gasteiger partial charge in [-0.25, -0.2) is 0 Å². The van der Waals surface area contributed by atoms with Crippen LogP contribution < -0.4 is 5.32 Å². The lowest BCUT2D eigenvalue weighted by molar-refractivity contribution is -0.134. The van der Waals surface area contributed by atoms with Gasteiger partial charge in [0.15, 0.2) is 5.69 Å². The van der Waals surface area contributed by atoms with Crippen molar-refractivity contribution in [2.45, 2.75) is 63.8 Å². The van der Waals surface area contributed by atoms with E-state index in [-0.39, 0.29) is 6.04 Å². The summed E-state index contributed by atoms with van der Waals surface area (Å²) in [6.07, 6.45) is 10.3. The van der Waals surface area contributed by atoms with Crippen LogP contribution in [-0.4, -0.2) is 40.1 Å². The standard InChI is InChI=1S/C20H27N5O/c21-14-16-5-6-18(24-23-16)22-17-4-2-1-3-15(17)13-19(26)25-11-9-20(7-8-20)10-12-25/h5-6,15,17H,1-4,7-13H2,(H,22,24)/t15-,17-/m0/s1. The summed E-state index contributed by atoms with van der Waals surface area (Å²) in [4.78, 5) is 14.9. The maximum Gasteiger partial charge on any atom is 0.222 e. The first-order valence-electron chi connectivity index (χ1n) is 9.96. The molecule has 2 saturated carbocycles. The number of amides is 1. The van der Waals surface area contributed by atoms with E-state index in [1.807, 2.05) is 6.07 Å². The largest absolute Gasteiger partial charge is 0.366 e. The van der Waals surface area contributed by atoms with Gasteiger partial charge in [0.25, 0.3) is 0 Å². The van der Waals surface area contributed by atoms with E-state index in [0.717, 1.165) is 25.9 Å². The second-order valence-electron chi connectivity index (χ2n) is 8.30. The smallest absolute Gasteiger partial charge is 0.222 e. The summed E-state index contributed by atoms with van der Waals surface area (Å²) >= 11 is 0. The SMILES string of the molecule is N#Cc1ccc(N[C@H]2CCCC[C@H]2CC(=O)N2CCC3(CC2)CC3)nn1. The van der Waals surface area contributed by atoms with Crippen LogP contribution in [0.25, 0.3) is 0 Å². The molecule has 1 aromatic rings. The molecule has 6 heteroatoms. The Morgan fingerprint density at radius 3 is 2.62 bits per heavy atom. The van der Waals surface area contributed by atoms with Crippen molar-refractivity contribution < 1.29 is 4.79 Å². The van der Waals surface area contributed by atoms with Crippen LogP contribution in [0, 0.1) is 22.7 Å². The van der Waals surface area contributed by atoms with Crippen molar-refractivity contribution in [2.24, 2.45) is 11.3 Å². The molecule has 1 saturated heterocycles. The second-order valence-corrected chi connectivity index (χ2v) is 8.30. The fourth-order valence-electron chi connectivity index (χ4n) is 4.56. The Morgan fingerprint density at radius 2 is 1.96 bits per heavy atom. The second kappa shape index (κ2) is 7.22. The Kier molecular flexibility index (Phi) is 4.80. The third-order valence-electron chi connectivity index (χ3n) is 6.59. The van der Waals surface area contributed by atoms with E-state index in [0.29, 0.717) is 35.2 Å². The number of nitrogens with zero attached hydrogens (tertiary/aromatic N) is 4. The van der Waals surface area contributed by atoms with Crippen LogP contribution >= 0.6 is 0 Å². The molecule has 0 radical (unpaired) electrons. The molecule has 1 aromatic heterocycles. The van der Waals surface area contributed by atoms with E-state index >= 15 is 0 Å². The minimum absolute atomic E-state index is 0.259. The number of nitriles is 1. The van der Waals surface area contributed by atoms with E-state index in [1.54, 1.807) is 12.1 Å². The van der Waals surface area contributed by atoms with Gasteiger partial charge in [-0.05, 0) is 62.0 Å². The van der Waals surface area contributed by atoms with Gasteiger partial charge in [0.05, 0.1) is 0 Å². The zero-order valence-electron chi connectivity index (χ0n) is 15.3. The highest BCUT2D eigenvalue weighted by Crippen LogP contribution is 2.53. The molecule has 1 amide bonds. The maximum absolute atomic E-state index is 12.8. The molecule has 0 unspecified atom stereocenters. The van der Waals surface area contributed by atoms with E-state index < -0.39 is 0 Å². The topological polar surface area (TPSA) is 81.9 Å². The number of carbonyl (C=O) groups is 1. The number of rotatable bonds is 4. The Labute approximate surface area is 155 Å². The van der Waals surface area contributed by atoms with Crippen molar-refractivity contribution >= 4 is 11.7 Å². The summed E-state index contributed by atoms with van der Waals surface area (Å²) in [7, 11) is 0. The highest BCUT2D eigenvalue weighted by atomic mass is 16.2. The molecule has 2 atom stereocenters. The molecule has 1 aliphatic heterocycles. The zero-order valence-corrected chi connectivity index (χ0v) is 15.3. The Bertz CT molecular complexity index is 681. The number of likely N-dealkylation sites (tertiary alicyclic amines) is 1. The summed E-state index contributed by atoms with van der Waals surface area (Å²) in [6, 6.07) is 5.73. The first-order valence-corrected chi connectivity index (χ1v) is 9.96. The number of nitrogens with one attached hydrogen (secondary N) is 1. The number of hydrogen-bond acceptors (Lipinski definition) is 5. The molecular formula is C20H27N5O. The Hall–Kier alpha value is -2.16. The van der Waals surface area contributed by atoms with Crippen LogP contribution in [0.1, 0.15) is 63.5 Å². The van der Waals surface area contributed by atoms with E-state index in [1.165, 1.54) is 38.5 Å². The molecule has 3 aliphatic rings. The minimum atomic E-state index is 0.259. The summed E-state index contributed by atoms with van der Waals surface area (Å²) in [5.41, 5.74) is 0.935. The monoisotopic (exact) mass is 353 g/mol. The van der Waals surface area contributed by atoms with Gasteiger partial charge in [-0.15, -0.1) is 10.2 Å². The van der Waals surface area contributed by atoms with E-state index in [2.05, 4.69) is 20.4 Å². The Balaban J connectivity index is 1.34. The quantitative estimate of drug-likeness (QED) is 0.899. The highest BCUT2D eigenvalue weighted by Gasteiger charge is 2.45. The van der Waals surface area contributed by atoms with Gasteiger partial charge in [0.1, 0.15) is 11.9 Å². The maximum atomic E-state index is 12.8. The number of piperidine rings is 1. The average molecular weight is 353 g/mol. The van der Waals surface area contributed by atoms with Crippen molar-refractivity contribution in [3.63, 3.8) is 0 Å². The van der Waals surface area contributed by atoms with Gasteiger partial charge in [-0.2, -0.15) is 5.26 Å². The highest BCUT2D eigenvalue weighted by molar-refractivity contribution is 5.76. The number of anilines is 1. The molecule has 1 N–H and O–H groups in total. The number of aromatic nitrogens is 2. The van der Waals surface area contributed by atoms with Gasteiger partial charge in [0.2, 0.25) is 5.91 Å². The van der Waals surface area contributed by atoms with Crippen molar-refractivity contribution in [3.8, 4) is 6.07 Å². The molecule has 0 aromatic carbocycles. The van der Waals surface area contributed by atoms with Crippen LogP contribution in [-0.2, 0) is 4.79 Å². The van der Waals surface area contributed by atoms with E-state index in [9.17, 15) is 4.79 Å². The Morgan fingerprint density at radius 1 is 1.19 bits per heavy atom. The molecule has 26 heavy (non-hydrogen) atoms. The first-order chi connectivity index (χ1) is 12.7. The summed E-state index contributed by atoms with van der Waals surface area (Å²) < 4.78 is 0. The molecule has 138 valence electrons.